The van der Waals surface area contributed by atoms with E-state index in [1.807, 2.05) is 23.6 Å². The Kier molecular flexibility index (Phi) is 10.0. The van der Waals surface area contributed by atoms with Crippen LogP contribution in [0.25, 0.3) is 11.4 Å². The zero-order valence-corrected chi connectivity index (χ0v) is 23.4. The van der Waals surface area contributed by atoms with Crippen molar-refractivity contribution in [1.29, 1.82) is 0 Å². The molecule has 0 aliphatic rings. The minimum atomic E-state index is -0.628. The molecule has 0 fully saturated rings. The molecule has 13 heteroatoms. The molecule has 0 saturated heterocycles. The second-order valence-corrected chi connectivity index (χ2v) is 9.81. The molecular weight excluding hydrogens is 530 g/mol. The number of hydrogen-bond acceptors (Lipinski definition) is 10. The molecule has 0 aliphatic carbocycles. The van der Waals surface area contributed by atoms with Crippen molar-refractivity contribution >= 4 is 57.5 Å². The summed E-state index contributed by atoms with van der Waals surface area (Å²) in [5.41, 5.74) is 1.93. The number of hydrogen-bond donors (Lipinski definition) is 2. The van der Waals surface area contributed by atoms with E-state index in [-0.39, 0.29) is 40.3 Å². The predicted octanol–water partition coefficient (Wildman–Crippen LogP) is 4.38. The highest BCUT2D eigenvalue weighted by atomic mass is 32.2. The Morgan fingerprint density at radius 2 is 1.74 bits per heavy atom. The van der Waals surface area contributed by atoms with Gasteiger partial charge < -0.3 is 24.7 Å². The van der Waals surface area contributed by atoms with Crippen LogP contribution in [0, 0.1) is 6.92 Å². The zero-order valence-electron chi connectivity index (χ0n) is 21.7. The maximum Gasteiger partial charge on any atom is 0.348 e. The summed E-state index contributed by atoms with van der Waals surface area (Å²) in [5.74, 6) is -1.18. The normalized spacial score (nSPS) is 10.7. The highest BCUT2D eigenvalue weighted by Gasteiger charge is 2.27. The van der Waals surface area contributed by atoms with E-state index in [0.29, 0.717) is 28.8 Å². The Labute approximate surface area is 228 Å². The predicted molar refractivity (Wildman–Crippen MR) is 146 cm³/mol. The van der Waals surface area contributed by atoms with Crippen molar-refractivity contribution in [3.63, 3.8) is 0 Å². The number of benzene rings is 1. The third-order valence-electron chi connectivity index (χ3n) is 5.15. The van der Waals surface area contributed by atoms with Gasteiger partial charge in [0.2, 0.25) is 11.8 Å². The Bertz CT molecular complexity index is 1350. The lowest BCUT2D eigenvalue weighted by Gasteiger charge is -2.09. The van der Waals surface area contributed by atoms with Gasteiger partial charge in [-0.1, -0.05) is 23.9 Å². The summed E-state index contributed by atoms with van der Waals surface area (Å²) in [4.78, 5) is 49.4. The van der Waals surface area contributed by atoms with Gasteiger partial charge in [-0.05, 0) is 45.4 Å². The van der Waals surface area contributed by atoms with E-state index in [1.165, 1.54) is 18.7 Å². The number of nitrogens with zero attached hydrogens (tertiary/aromatic N) is 3. The number of thioether (sulfide) groups is 1. The van der Waals surface area contributed by atoms with Crippen molar-refractivity contribution < 1.29 is 28.7 Å². The summed E-state index contributed by atoms with van der Waals surface area (Å²) >= 11 is 2.16. The topological polar surface area (TPSA) is 142 Å². The maximum absolute atomic E-state index is 12.9. The number of esters is 2. The fraction of sp³-hybridized carbons (Fsp3) is 0.360. The lowest BCUT2D eigenvalue weighted by atomic mass is 10.1. The average molecular weight is 560 g/mol. The SMILES string of the molecule is CCOC(=O)c1sc(NC(=O)CSc2nnc(-c3cccc(NC(C)=O)c3)n2CC)c(C(=O)OCC)c1C. The van der Waals surface area contributed by atoms with Crippen molar-refractivity contribution in [2.75, 3.05) is 29.6 Å². The molecule has 0 atom stereocenters. The van der Waals surface area contributed by atoms with Gasteiger partial charge in [0.1, 0.15) is 9.88 Å². The van der Waals surface area contributed by atoms with E-state index in [0.717, 1.165) is 16.9 Å². The first-order chi connectivity index (χ1) is 18.2. The minimum absolute atomic E-state index is 0.0159. The molecule has 0 saturated carbocycles. The second-order valence-electron chi connectivity index (χ2n) is 7.85. The molecule has 11 nitrogen and oxygen atoms in total. The molecule has 2 heterocycles. The summed E-state index contributed by atoms with van der Waals surface area (Å²) in [6.07, 6.45) is 0. The number of nitrogens with one attached hydrogen (secondary N) is 2. The smallest absolute Gasteiger partial charge is 0.348 e. The van der Waals surface area contributed by atoms with Crippen LogP contribution in [0.15, 0.2) is 29.4 Å². The number of thiophene rings is 1. The van der Waals surface area contributed by atoms with Crippen LogP contribution >= 0.6 is 23.1 Å². The third-order valence-corrected chi connectivity index (χ3v) is 7.30. The van der Waals surface area contributed by atoms with Crippen LogP contribution in [0.5, 0.6) is 0 Å². The van der Waals surface area contributed by atoms with Gasteiger partial charge in [0, 0.05) is 24.7 Å². The van der Waals surface area contributed by atoms with E-state index >= 15 is 0 Å². The van der Waals surface area contributed by atoms with Crippen LogP contribution < -0.4 is 10.6 Å². The van der Waals surface area contributed by atoms with Crippen LogP contribution in [0.3, 0.4) is 0 Å². The van der Waals surface area contributed by atoms with Gasteiger partial charge in [-0.15, -0.1) is 21.5 Å². The van der Waals surface area contributed by atoms with E-state index in [2.05, 4.69) is 20.8 Å². The van der Waals surface area contributed by atoms with Gasteiger partial charge in [-0.2, -0.15) is 0 Å². The van der Waals surface area contributed by atoms with Gasteiger partial charge in [0.15, 0.2) is 11.0 Å². The van der Waals surface area contributed by atoms with E-state index < -0.39 is 17.8 Å². The molecule has 0 spiro atoms. The zero-order chi connectivity index (χ0) is 27.8. The molecule has 3 rings (SSSR count). The summed E-state index contributed by atoms with van der Waals surface area (Å²) in [7, 11) is 0. The number of rotatable bonds is 11. The van der Waals surface area contributed by atoms with Crippen LogP contribution in [0.1, 0.15) is 53.3 Å². The second kappa shape index (κ2) is 13.2. The number of aromatic nitrogens is 3. The molecule has 2 N–H and O–H groups in total. The first-order valence-corrected chi connectivity index (χ1v) is 13.7. The van der Waals surface area contributed by atoms with Gasteiger partial charge in [0.05, 0.1) is 24.5 Å². The monoisotopic (exact) mass is 559 g/mol. The highest BCUT2D eigenvalue weighted by Crippen LogP contribution is 2.35. The van der Waals surface area contributed by atoms with Crippen LogP contribution in [0.4, 0.5) is 10.7 Å². The van der Waals surface area contributed by atoms with Crippen molar-refractivity contribution in [2.45, 2.75) is 46.3 Å². The van der Waals surface area contributed by atoms with E-state index in [1.54, 1.807) is 32.9 Å². The molecule has 2 amide bonds. The number of anilines is 2. The van der Waals surface area contributed by atoms with Crippen molar-refractivity contribution in [2.24, 2.45) is 0 Å². The molecule has 2 aromatic heterocycles. The van der Waals surface area contributed by atoms with Crippen LogP contribution in [-0.4, -0.2) is 57.5 Å². The molecule has 38 heavy (non-hydrogen) atoms. The molecule has 0 radical (unpaired) electrons. The summed E-state index contributed by atoms with van der Waals surface area (Å²) in [6, 6.07) is 7.25. The fourth-order valence-corrected chi connectivity index (χ4v) is 5.48. The third kappa shape index (κ3) is 6.78. The van der Waals surface area contributed by atoms with Gasteiger partial charge in [0.25, 0.3) is 0 Å². The number of carbonyl (C=O) groups is 4. The van der Waals surface area contributed by atoms with Crippen molar-refractivity contribution in [1.82, 2.24) is 14.8 Å². The highest BCUT2D eigenvalue weighted by molar-refractivity contribution is 7.99. The Morgan fingerprint density at radius 1 is 1.03 bits per heavy atom. The molecule has 0 bridgehead atoms. The number of amides is 2. The summed E-state index contributed by atoms with van der Waals surface area (Å²) in [5, 5.41) is 14.8. The Morgan fingerprint density at radius 3 is 2.39 bits per heavy atom. The van der Waals surface area contributed by atoms with E-state index in [9.17, 15) is 19.2 Å². The lowest BCUT2D eigenvalue weighted by molar-refractivity contribution is -0.114. The van der Waals surface area contributed by atoms with Gasteiger partial charge in [-0.25, -0.2) is 9.59 Å². The molecular formula is C25H29N5O6S2. The standard InChI is InChI=1S/C25H29N5O6S2/c1-6-30-21(16-10-9-11-17(12-16)26-15(5)31)28-29-25(30)37-13-18(32)27-22-19(23(33)35-7-2)14(4)20(38-22)24(34)36-8-3/h9-12H,6-8,13H2,1-5H3,(H,26,31)(H,27,32). The van der Waals surface area contributed by atoms with Crippen molar-refractivity contribution in [3.8, 4) is 11.4 Å². The van der Waals surface area contributed by atoms with Crippen LogP contribution in [0.2, 0.25) is 0 Å². The summed E-state index contributed by atoms with van der Waals surface area (Å²) < 4.78 is 12.1. The molecule has 3 aromatic rings. The average Bonchev–Trinajstić information content (AvgIpc) is 3.43. The number of carbonyl (C=O) groups excluding carboxylic acids is 4. The molecule has 202 valence electrons. The first kappa shape index (κ1) is 28.9. The Balaban J connectivity index is 1.78. The van der Waals surface area contributed by atoms with Crippen LogP contribution in [-0.2, 0) is 25.6 Å². The minimum Gasteiger partial charge on any atom is -0.462 e. The van der Waals surface area contributed by atoms with Crippen molar-refractivity contribution in [3.05, 3.63) is 40.3 Å². The maximum atomic E-state index is 12.9. The lowest BCUT2D eigenvalue weighted by Crippen LogP contribution is -2.17. The largest absolute Gasteiger partial charge is 0.462 e. The quantitative estimate of drug-likeness (QED) is 0.259. The molecule has 1 aromatic carbocycles. The fourth-order valence-electron chi connectivity index (χ4n) is 3.57. The first-order valence-electron chi connectivity index (χ1n) is 11.9. The summed E-state index contributed by atoms with van der Waals surface area (Å²) in [6.45, 7) is 9.23. The Hall–Kier alpha value is -3.71. The molecule has 0 aliphatic heterocycles. The van der Waals surface area contributed by atoms with Gasteiger partial charge in [-0.3, -0.25) is 9.59 Å². The van der Waals surface area contributed by atoms with E-state index in [4.69, 9.17) is 9.47 Å². The molecule has 0 unspecified atom stereocenters. The number of ether oxygens (including phenoxy) is 2. The van der Waals surface area contributed by atoms with Gasteiger partial charge >= 0.3 is 11.9 Å².